The van der Waals surface area contributed by atoms with Crippen LogP contribution >= 0.6 is 11.6 Å². The van der Waals surface area contributed by atoms with Gasteiger partial charge in [0, 0.05) is 28.7 Å². The zero-order valence-corrected chi connectivity index (χ0v) is 10.3. The zero-order valence-electron chi connectivity index (χ0n) is 9.56. The van der Waals surface area contributed by atoms with Gasteiger partial charge in [-0.1, -0.05) is 17.7 Å². The summed E-state index contributed by atoms with van der Waals surface area (Å²) in [7, 11) is 0. The van der Waals surface area contributed by atoms with E-state index in [9.17, 15) is 0 Å². The molecule has 0 fully saturated rings. The van der Waals surface area contributed by atoms with Crippen LogP contribution in [0.4, 0.5) is 5.69 Å². The summed E-state index contributed by atoms with van der Waals surface area (Å²) in [5.41, 5.74) is 2.93. The van der Waals surface area contributed by atoms with E-state index < -0.39 is 0 Å². The summed E-state index contributed by atoms with van der Waals surface area (Å²) >= 11 is 6.10. The number of furan rings is 1. The predicted molar refractivity (Wildman–Crippen MR) is 72.8 cm³/mol. The van der Waals surface area contributed by atoms with Crippen molar-refractivity contribution >= 4 is 28.2 Å². The van der Waals surface area contributed by atoms with Gasteiger partial charge in [0.25, 0.3) is 0 Å². The highest BCUT2D eigenvalue weighted by Crippen LogP contribution is 2.26. The van der Waals surface area contributed by atoms with Gasteiger partial charge in [-0.2, -0.15) is 0 Å². The van der Waals surface area contributed by atoms with Crippen LogP contribution in [0.2, 0.25) is 5.02 Å². The molecule has 1 N–H and O–H groups in total. The second-order valence-electron chi connectivity index (χ2n) is 4.01. The van der Waals surface area contributed by atoms with E-state index in [1.807, 2.05) is 30.3 Å². The van der Waals surface area contributed by atoms with Crippen LogP contribution < -0.4 is 5.32 Å². The summed E-state index contributed by atoms with van der Waals surface area (Å²) in [4.78, 5) is 4.38. The number of aromatic nitrogens is 1. The Morgan fingerprint density at radius 3 is 3.06 bits per heavy atom. The lowest BCUT2D eigenvalue weighted by atomic mass is 10.2. The van der Waals surface area contributed by atoms with Gasteiger partial charge in [-0.25, -0.2) is 0 Å². The molecule has 0 aliphatic heterocycles. The molecule has 0 atom stereocenters. The molecule has 2 aromatic heterocycles. The summed E-state index contributed by atoms with van der Waals surface area (Å²) in [6.07, 6.45) is 5.15. The van der Waals surface area contributed by atoms with Crippen LogP contribution in [-0.2, 0) is 6.54 Å². The Hall–Kier alpha value is -2.00. The molecule has 0 radical (unpaired) electrons. The Morgan fingerprint density at radius 1 is 1.28 bits per heavy atom. The van der Waals surface area contributed by atoms with Crippen molar-refractivity contribution in [3.8, 4) is 0 Å². The van der Waals surface area contributed by atoms with E-state index in [0.717, 1.165) is 22.2 Å². The van der Waals surface area contributed by atoms with Gasteiger partial charge in [0.2, 0.25) is 0 Å². The van der Waals surface area contributed by atoms with Crippen molar-refractivity contribution < 1.29 is 4.42 Å². The second kappa shape index (κ2) is 4.70. The van der Waals surface area contributed by atoms with E-state index in [2.05, 4.69) is 10.3 Å². The number of rotatable bonds is 3. The Labute approximate surface area is 109 Å². The molecule has 0 aliphatic rings. The van der Waals surface area contributed by atoms with E-state index in [1.54, 1.807) is 18.7 Å². The predicted octanol–water partition coefficient (Wildman–Crippen LogP) is 4.09. The normalized spacial score (nSPS) is 10.7. The van der Waals surface area contributed by atoms with Crippen molar-refractivity contribution in [3.63, 3.8) is 0 Å². The van der Waals surface area contributed by atoms with Crippen molar-refractivity contribution in [2.24, 2.45) is 0 Å². The lowest BCUT2D eigenvalue weighted by Crippen LogP contribution is -1.99. The molecule has 1 aromatic carbocycles. The molecule has 2 heterocycles. The highest BCUT2D eigenvalue weighted by molar-refractivity contribution is 6.31. The average molecular weight is 259 g/mol. The van der Waals surface area contributed by atoms with Gasteiger partial charge in [0.05, 0.1) is 23.7 Å². The van der Waals surface area contributed by atoms with E-state index in [4.69, 9.17) is 16.0 Å². The topological polar surface area (TPSA) is 38.1 Å². The van der Waals surface area contributed by atoms with Gasteiger partial charge in [0.15, 0.2) is 0 Å². The smallest absolute Gasteiger partial charge is 0.0952 e. The summed E-state index contributed by atoms with van der Waals surface area (Å²) in [5.74, 6) is 0. The first-order valence-electron chi connectivity index (χ1n) is 5.62. The van der Waals surface area contributed by atoms with Gasteiger partial charge < -0.3 is 9.73 Å². The molecule has 3 aromatic rings. The summed E-state index contributed by atoms with van der Waals surface area (Å²) in [6, 6.07) is 9.62. The van der Waals surface area contributed by atoms with Crippen LogP contribution in [0, 0.1) is 0 Å². The van der Waals surface area contributed by atoms with Crippen molar-refractivity contribution in [1.29, 1.82) is 0 Å². The monoisotopic (exact) mass is 258 g/mol. The molecule has 90 valence electrons. The quantitative estimate of drug-likeness (QED) is 0.769. The SMILES string of the molecule is Clc1cc(NCc2ccoc2)c2ncccc2c1. The first-order valence-corrected chi connectivity index (χ1v) is 6.00. The summed E-state index contributed by atoms with van der Waals surface area (Å²) in [6.45, 7) is 0.683. The molecular formula is C14H11ClN2O. The molecule has 18 heavy (non-hydrogen) atoms. The third-order valence-corrected chi connectivity index (χ3v) is 2.95. The number of pyridine rings is 1. The summed E-state index contributed by atoms with van der Waals surface area (Å²) in [5, 5.41) is 5.05. The molecule has 0 spiro atoms. The van der Waals surface area contributed by atoms with Gasteiger partial charge in [-0.15, -0.1) is 0 Å². The van der Waals surface area contributed by atoms with E-state index in [1.165, 1.54) is 0 Å². The van der Waals surface area contributed by atoms with Crippen LogP contribution in [0.15, 0.2) is 53.5 Å². The number of hydrogen-bond donors (Lipinski definition) is 1. The van der Waals surface area contributed by atoms with Crippen molar-refractivity contribution in [3.05, 3.63) is 59.6 Å². The Morgan fingerprint density at radius 2 is 2.22 bits per heavy atom. The highest BCUT2D eigenvalue weighted by Gasteiger charge is 2.04. The maximum Gasteiger partial charge on any atom is 0.0952 e. The fourth-order valence-corrected chi connectivity index (χ4v) is 2.11. The maximum absolute atomic E-state index is 6.10. The maximum atomic E-state index is 6.10. The number of nitrogens with one attached hydrogen (secondary N) is 1. The molecule has 0 unspecified atom stereocenters. The summed E-state index contributed by atoms with van der Waals surface area (Å²) < 4.78 is 5.03. The first-order chi connectivity index (χ1) is 8.83. The van der Waals surface area contributed by atoms with Crippen LogP contribution in [0.1, 0.15) is 5.56 Å². The Kier molecular flexibility index (Phi) is 2.90. The van der Waals surface area contributed by atoms with Gasteiger partial charge >= 0.3 is 0 Å². The third kappa shape index (κ3) is 2.17. The van der Waals surface area contributed by atoms with Crippen LogP contribution in [0.5, 0.6) is 0 Å². The zero-order chi connectivity index (χ0) is 12.4. The fourth-order valence-electron chi connectivity index (χ4n) is 1.88. The van der Waals surface area contributed by atoms with E-state index in [0.29, 0.717) is 11.6 Å². The van der Waals surface area contributed by atoms with Crippen molar-refractivity contribution in [2.45, 2.75) is 6.54 Å². The molecule has 0 aliphatic carbocycles. The van der Waals surface area contributed by atoms with E-state index in [-0.39, 0.29) is 0 Å². The first kappa shape index (κ1) is 11.1. The molecule has 3 nitrogen and oxygen atoms in total. The molecule has 0 amide bonds. The molecule has 0 bridgehead atoms. The Balaban J connectivity index is 1.95. The van der Waals surface area contributed by atoms with Crippen LogP contribution in [0.3, 0.4) is 0 Å². The number of hydrogen-bond acceptors (Lipinski definition) is 3. The number of benzene rings is 1. The van der Waals surface area contributed by atoms with Crippen molar-refractivity contribution in [2.75, 3.05) is 5.32 Å². The van der Waals surface area contributed by atoms with Crippen LogP contribution in [0.25, 0.3) is 10.9 Å². The third-order valence-electron chi connectivity index (χ3n) is 2.73. The minimum Gasteiger partial charge on any atom is -0.472 e. The number of fused-ring (bicyclic) bond motifs is 1. The average Bonchev–Trinajstić information content (AvgIpc) is 2.89. The molecule has 0 saturated carbocycles. The molecule has 0 saturated heterocycles. The number of nitrogens with zero attached hydrogens (tertiary/aromatic N) is 1. The number of halogens is 1. The number of anilines is 1. The minimum atomic E-state index is 0.683. The van der Waals surface area contributed by atoms with E-state index >= 15 is 0 Å². The van der Waals surface area contributed by atoms with Gasteiger partial charge in [-0.3, -0.25) is 4.98 Å². The Bertz CT molecular complexity index is 665. The van der Waals surface area contributed by atoms with Gasteiger partial charge in [-0.05, 0) is 24.3 Å². The largest absolute Gasteiger partial charge is 0.472 e. The highest BCUT2D eigenvalue weighted by atomic mass is 35.5. The minimum absolute atomic E-state index is 0.683. The standard InChI is InChI=1S/C14H11ClN2O/c15-12-6-11-2-1-4-16-14(11)13(7-12)17-8-10-3-5-18-9-10/h1-7,9,17H,8H2. The molecule has 4 heteroatoms. The molecular weight excluding hydrogens is 248 g/mol. The van der Waals surface area contributed by atoms with Gasteiger partial charge in [0.1, 0.15) is 0 Å². The second-order valence-corrected chi connectivity index (χ2v) is 4.45. The molecule has 3 rings (SSSR count). The van der Waals surface area contributed by atoms with Crippen molar-refractivity contribution in [1.82, 2.24) is 4.98 Å². The van der Waals surface area contributed by atoms with Crippen LogP contribution in [-0.4, -0.2) is 4.98 Å². The lowest BCUT2D eigenvalue weighted by Gasteiger charge is -2.08. The fraction of sp³-hybridized carbons (Fsp3) is 0.0714. The lowest BCUT2D eigenvalue weighted by molar-refractivity contribution is 0.564.